The lowest BCUT2D eigenvalue weighted by Gasteiger charge is -2.15. The number of amides is 1. The van der Waals surface area contributed by atoms with Gasteiger partial charge in [0.1, 0.15) is 5.01 Å². The first-order valence-electron chi connectivity index (χ1n) is 10.6. The van der Waals surface area contributed by atoms with Crippen LogP contribution in [0.5, 0.6) is 0 Å². The first-order chi connectivity index (χ1) is 14.5. The SMILES string of the molecule is CCCCN(C)CCC(=O)NCc1ccc(-c2nc(-c3ccc(C)cc3)cs2)cc1. The van der Waals surface area contributed by atoms with Gasteiger partial charge in [0.25, 0.3) is 0 Å². The third kappa shape index (κ3) is 6.51. The van der Waals surface area contributed by atoms with Gasteiger partial charge in [-0.05, 0) is 32.5 Å². The van der Waals surface area contributed by atoms with E-state index in [4.69, 9.17) is 4.98 Å². The fourth-order valence-corrected chi connectivity index (χ4v) is 3.98. The summed E-state index contributed by atoms with van der Waals surface area (Å²) in [5.74, 6) is 0.102. The van der Waals surface area contributed by atoms with Crippen molar-refractivity contribution in [3.63, 3.8) is 0 Å². The molecule has 0 aliphatic carbocycles. The Bertz CT molecular complexity index is 932. The number of nitrogens with zero attached hydrogens (tertiary/aromatic N) is 2. The van der Waals surface area contributed by atoms with Crippen LogP contribution in [-0.2, 0) is 11.3 Å². The quantitative estimate of drug-likeness (QED) is 0.468. The van der Waals surface area contributed by atoms with Crippen LogP contribution in [0.2, 0.25) is 0 Å². The van der Waals surface area contributed by atoms with Crippen molar-refractivity contribution in [2.24, 2.45) is 0 Å². The zero-order chi connectivity index (χ0) is 21.3. The number of rotatable bonds is 10. The predicted octanol–water partition coefficient (Wildman–Crippen LogP) is 5.52. The van der Waals surface area contributed by atoms with Crippen LogP contribution < -0.4 is 5.32 Å². The Balaban J connectivity index is 1.50. The summed E-state index contributed by atoms with van der Waals surface area (Å²) >= 11 is 1.66. The molecule has 0 radical (unpaired) electrons. The normalized spacial score (nSPS) is 11.1. The van der Waals surface area contributed by atoms with Crippen molar-refractivity contribution in [1.29, 1.82) is 0 Å². The average molecular weight is 422 g/mol. The maximum Gasteiger partial charge on any atom is 0.221 e. The van der Waals surface area contributed by atoms with E-state index >= 15 is 0 Å². The smallest absolute Gasteiger partial charge is 0.221 e. The monoisotopic (exact) mass is 421 g/mol. The Kier molecular flexibility index (Phi) is 8.17. The Hall–Kier alpha value is -2.50. The molecule has 5 heteroatoms. The van der Waals surface area contributed by atoms with E-state index in [2.05, 4.69) is 85.0 Å². The molecule has 0 fully saturated rings. The second-order valence-electron chi connectivity index (χ2n) is 7.78. The number of unbranched alkanes of at least 4 members (excludes halogenated alkanes) is 1. The van der Waals surface area contributed by atoms with E-state index in [-0.39, 0.29) is 5.91 Å². The van der Waals surface area contributed by atoms with Crippen LogP contribution in [0.1, 0.15) is 37.3 Å². The van der Waals surface area contributed by atoms with Gasteiger partial charge in [-0.25, -0.2) is 4.98 Å². The van der Waals surface area contributed by atoms with Crippen LogP contribution in [0.4, 0.5) is 0 Å². The zero-order valence-electron chi connectivity index (χ0n) is 18.1. The Morgan fingerprint density at radius 2 is 1.73 bits per heavy atom. The van der Waals surface area contributed by atoms with Gasteiger partial charge in [0.2, 0.25) is 5.91 Å². The van der Waals surface area contributed by atoms with E-state index in [0.29, 0.717) is 13.0 Å². The Morgan fingerprint density at radius 3 is 2.43 bits per heavy atom. The third-order valence-electron chi connectivity index (χ3n) is 5.16. The van der Waals surface area contributed by atoms with Gasteiger partial charge in [0, 0.05) is 36.0 Å². The molecular formula is C25H31N3OS. The van der Waals surface area contributed by atoms with Gasteiger partial charge in [-0.2, -0.15) is 0 Å². The summed E-state index contributed by atoms with van der Waals surface area (Å²) in [6.45, 7) is 6.69. The molecule has 0 aliphatic heterocycles. The standard InChI is InChI=1S/C25H31N3OS/c1-4-5-15-28(3)16-14-24(29)26-17-20-8-12-22(13-9-20)25-27-23(18-30-25)21-10-6-19(2)7-11-21/h6-13,18H,4-5,14-17H2,1-3H3,(H,26,29). The summed E-state index contributed by atoms with van der Waals surface area (Å²) in [4.78, 5) is 19.1. The van der Waals surface area contributed by atoms with E-state index in [9.17, 15) is 4.79 Å². The molecule has 1 N–H and O–H groups in total. The molecular weight excluding hydrogens is 390 g/mol. The number of aromatic nitrogens is 1. The molecule has 3 aromatic rings. The summed E-state index contributed by atoms with van der Waals surface area (Å²) in [5.41, 5.74) is 5.60. The Morgan fingerprint density at radius 1 is 1.03 bits per heavy atom. The minimum absolute atomic E-state index is 0.102. The van der Waals surface area contributed by atoms with Crippen molar-refractivity contribution in [3.05, 3.63) is 65.0 Å². The van der Waals surface area contributed by atoms with Gasteiger partial charge < -0.3 is 10.2 Å². The summed E-state index contributed by atoms with van der Waals surface area (Å²) < 4.78 is 0. The zero-order valence-corrected chi connectivity index (χ0v) is 19.0. The van der Waals surface area contributed by atoms with Gasteiger partial charge in [-0.15, -0.1) is 11.3 Å². The number of hydrogen-bond acceptors (Lipinski definition) is 4. The first kappa shape index (κ1) is 22.2. The lowest BCUT2D eigenvalue weighted by molar-refractivity contribution is -0.121. The first-order valence-corrected chi connectivity index (χ1v) is 11.5. The number of benzene rings is 2. The largest absolute Gasteiger partial charge is 0.352 e. The molecule has 0 saturated carbocycles. The van der Waals surface area contributed by atoms with Gasteiger partial charge in [0.05, 0.1) is 5.69 Å². The van der Waals surface area contributed by atoms with E-state index in [1.54, 1.807) is 11.3 Å². The van der Waals surface area contributed by atoms with Gasteiger partial charge in [0.15, 0.2) is 0 Å². The molecule has 4 nitrogen and oxygen atoms in total. The third-order valence-corrected chi connectivity index (χ3v) is 6.05. The number of thiazole rings is 1. The van der Waals surface area contributed by atoms with Crippen molar-refractivity contribution in [3.8, 4) is 21.8 Å². The summed E-state index contributed by atoms with van der Waals surface area (Å²) in [5, 5.41) is 6.13. The maximum atomic E-state index is 12.1. The van der Waals surface area contributed by atoms with Crippen molar-refractivity contribution in [1.82, 2.24) is 15.2 Å². The molecule has 0 aliphatic rings. The number of hydrogen-bond donors (Lipinski definition) is 1. The highest BCUT2D eigenvalue weighted by molar-refractivity contribution is 7.13. The predicted molar refractivity (Wildman–Crippen MR) is 127 cm³/mol. The molecule has 30 heavy (non-hydrogen) atoms. The molecule has 0 saturated heterocycles. The van der Waals surface area contributed by atoms with Crippen molar-refractivity contribution in [2.45, 2.75) is 39.7 Å². The van der Waals surface area contributed by atoms with Crippen LogP contribution in [0.15, 0.2) is 53.9 Å². The van der Waals surface area contributed by atoms with Crippen LogP contribution in [-0.4, -0.2) is 35.9 Å². The molecule has 0 spiro atoms. The van der Waals surface area contributed by atoms with Crippen molar-refractivity contribution in [2.75, 3.05) is 20.1 Å². The average Bonchev–Trinajstić information content (AvgIpc) is 3.26. The van der Waals surface area contributed by atoms with Crippen LogP contribution in [0, 0.1) is 6.92 Å². The van der Waals surface area contributed by atoms with Gasteiger partial charge >= 0.3 is 0 Å². The highest BCUT2D eigenvalue weighted by Gasteiger charge is 2.08. The molecule has 158 valence electrons. The summed E-state index contributed by atoms with van der Waals surface area (Å²) in [6, 6.07) is 16.7. The number of nitrogens with one attached hydrogen (secondary N) is 1. The number of carbonyl (C=O) groups is 1. The van der Waals surface area contributed by atoms with E-state index < -0.39 is 0 Å². The summed E-state index contributed by atoms with van der Waals surface area (Å²) in [6.07, 6.45) is 2.90. The fraction of sp³-hybridized carbons (Fsp3) is 0.360. The molecule has 3 rings (SSSR count). The molecule has 2 aromatic carbocycles. The van der Waals surface area contributed by atoms with Crippen LogP contribution in [0.25, 0.3) is 21.8 Å². The van der Waals surface area contributed by atoms with Gasteiger partial charge in [-0.3, -0.25) is 4.79 Å². The molecule has 0 bridgehead atoms. The van der Waals surface area contributed by atoms with E-state index in [0.717, 1.165) is 40.5 Å². The summed E-state index contributed by atoms with van der Waals surface area (Å²) in [7, 11) is 2.07. The Labute approximate surface area is 184 Å². The molecule has 1 amide bonds. The number of carbonyl (C=O) groups excluding carboxylic acids is 1. The molecule has 1 heterocycles. The highest BCUT2D eigenvalue weighted by Crippen LogP contribution is 2.29. The molecule has 1 aromatic heterocycles. The number of aryl methyl sites for hydroxylation is 1. The van der Waals surface area contributed by atoms with Crippen LogP contribution >= 0.6 is 11.3 Å². The molecule has 0 unspecified atom stereocenters. The minimum atomic E-state index is 0.102. The molecule has 0 atom stereocenters. The topological polar surface area (TPSA) is 45.2 Å². The minimum Gasteiger partial charge on any atom is -0.352 e. The van der Waals surface area contributed by atoms with Crippen LogP contribution in [0.3, 0.4) is 0 Å². The van der Waals surface area contributed by atoms with E-state index in [1.165, 1.54) is 18.4 Å². The lowest BCUT2D eigenvalue weighted by atomic mass is 10.1. The maximum absolute atomic E-state index is 12.1. The highest BCUT2D eigenvalue weighted by atomic mass is 32.1. The van der Waals surface area contributed by atoms with Gasteiger partial charge in [-0.1, -0.05) is 67.4 Å². The lowest BCUT2D eigenvalue weighted by Crippen LogP contribution is -2.29. The van der Waals surface area contributed by atoms with E-state index in [1.807, 2.05) is 0 Å². The second-order valence-corrected chi connectivity index (χ2v) is 8.64. The second kappa shape index (κ2) is 11.0. The van der Waals surface area contributed by atoms with Crippen molar-refractivity contribution >= 4 is 17.2 Å². The van der Waals surface area contributed by atoms with Crippen molar-refractivity contribution < 1.29 is 4.79 Å². The fourth-order valence-electron chi connectivity index (χ4n) is 3.15.